The van der Waals surface area contributed by atoms with Crippen molar-refractivity contribution in [3.05, 3.63) is 78.6 Å². The number of carbonyl (C=O) groups is 1. The number of aromatic nitrogens is 2. The lowest BCUT2D eigenvalue weighted by molar-refractivity contribution is 0.102. The minimum Gasteiger partial charge on any atom is -0.497 e. The molecule has 0 spiro atoms. The van der Waals surface area contributed by atoms with E-state index in [1.807, 2.05) is 48.7 Å². The van der Waals surface area contributed by atoms with Gasteiger partial charge in [0.2, 0.25) is 0 Å². The molecule has 0 bridgehead atoms. The summed E-state index contributed by atoms with van der Waals surface area (Å²) >= 11 is 0. The Bertz CT molecular complexity index is 1280. The Balaban J connectivity index is 1.78. The molecule has 4 aromatic rings. The van der Waals surface area contributed by atoms with Crippen molar-refractivity contribution < 1.29 is 23.7 Å². The number of para-hydroxylation sites is 1. The van der Waals surface area contributed by atoms with E-state index in [2.05, 4.69) is 10.4 Å². The number of nitrogens with one attached hydrogen (secondary N) is 1. The molecule has 0 radical (unpaired) electrons. The molecule has 0 saturated heterocycles. The van der Waals surface area contributed by atoms with Crippen LogP contribution in [0, 0.1) is 0 Å². The van der Waals surface area contributed by atoms with Gasteiger partial charge in [0, 0.05) is 35.6 Å². The number of hydrogen-bond donors (Lipinski definition) is 1. The predicted molar refractivity (Wildman–Crippen MR) is 130 cm³/mol. The Morgan fingerprint density at radius 1 is 0.794 bits per heavy atom. The highest BCUT2D eigenvalue weighted by atomic mass is 16.5. The largest absolute Gasteiger partial charge is 0.497 e. The van der Waals surface area contributed by atoms with Crippen LogP contribution in [0.3, 0.4) is 0 Å². The molecule has 0 unspecified atom stereocenters. The van der Waals surface area contributed by atoms with Gasteiger partial charge in [-0.25, -0.2) is 4.68 Å². The quantitative estimate of drug-likeness (QED) is 0.407. The fraction of sp³-hybridized carbons (Fsp3) is 0.154. The summed E-state index contributed by atoms with van der Waals surface area (Å²) in [5.41, 5.74) is 2.99. The van der Waals surface area contributed by atoms with E-state index in [0.717, 1.165) is 11.3 Å². The third kappa shape index (κ3) is 4.66. The topological polar surface area (TPSA) is 83.8 Å². The standard InChI is InChI=1S/C26H25N3O5/c1-31-20-13-18(14-21(15-20)32-2)27-26(30)25-22(16-29(28-25)19-8-6-5-7-9-19)17-10-11-23(33-3)24(12-17)34-4/h5-16H,1-4H3,(H,27,30). The molecule has 1 amide bonds. The van der Waals surface area contributed by atoms with Crippen LogP contribution in [0.4, 0.5) is 5.69 Å². The van der Waals surface area contributed by atoms with Crippen molar-refractivity contribution in [2.75, 3.05) is 33.8 Å². The normalized spacial score (nSPS) is 10.5. The molecule has 0 aliphatic heterocycles. The van der Waals surface area contributed by atoms with E-state index < -0.39 is 0 Å². The van der Waals surface area contributed by atoms with Gasteiger partial charge >= 0.3 is 0 Å². The summed E-state index contributed by atoms with van der Waals surface area (Å²) < 4.78 is 23.1. The molecular formula is C26H25N3O5. The van der Waals surface area contributed by atoms with Gasteiger partial charge in [-0.15, -0.1) is 0 Å². The van der Waals surface area contributed by atoms with E-state index in [4.69, 9.17) is 18.9 Å². The van der Waals surface area contributed by atoms with Crippen LogP contribution in [0.1, 0.15) is 10.5 Å². The van der Waals surface area contributed by atoms with Gasteiger partial charge in [0.15, 0.2) is 17.2 Å². The first-order chi connectivity index (χ1) is 16.6. The number of rotatable bonds is 8. The van der Waals surface area contributed by atoms with Crippen LogP contribution >= 0.6 is 0 Å². The smallest absolute Gasteiger partial charge is 0.276 e. The second-order valence-electron chi connectivity index (χ2n) is 7.30. The van der Waals surface area contributed by atoms with Crippen molar-refractivity contribution >= 4 is 11.6 Å². The molecule has 4 rings (SSSR count). The molecule has 34 heavy (non-hydrogen) atoms. The van der Waals surface area contributed by atoms with Crippen molar-refractivity contribution in [1.82, 2.24) is 9.78 Å². The Morgan fingerprint density at radius 2 is 1.47 bits per heavy atom. The van der Waals surface area contributed by atoms with Crippen LogP contribution < -0.4 is 24.3 Å². The van der Waals surface area contributed by atoms with Crippen LogP contribution in [-0.4, -0.2) is 44.1 Å². The number of carbonyl (C=O) groups excluding carboxylic acids is 1. The maximum atomic E-state index is 13.4. The number of benzene rings is 3. The molecule has 0 saturated carbocycles. The zero-order valence-electron chi connectivity index (χ0n) is 19.4. The molecule has 0 atom stereocenters. The maximum absolute atomic E-state index is 13.4. The van der Waals surface area contributed by atoms with Gasteiger partial charge in [0.05, 0.1) is 34.1 Å². The zero-order valence-corrected chi connectivity index (χ0v) is 19.4. The van der Waals surface area contributed by atoms with Gasteiger partial charge in [-0.2, -0.15) is 5.10 Å². The van der Waals surface area contributed by atoms with E-state index in [-0.39, 0.29) is 11.6 Å². The van der Waals surface area contributed by atoms with Crippen LogP contribution in [0.5, 0.6) is 23.0 Å². The first-order valence-electron chi connectivity index (χ1n) is 10.5. The average molecular weight is 460 g/mol. The lowest BCUT2D eigenvalue weighted by Crippen LogP contribution is -2.14. The van der Waals surface area contributed by atoms with Crippen molar-refractivity contribution in [3.63, 3.8) is 0 Å². The monoisotopic (exact) mass is 459 g/mol. The Kier molecular flexibility index (Phi) is 6.68. The third-order valence-corrected chi connectivity index (χ3v) is 5.25. The maximum Gasteiger partial charge on any atom is 0.276 e. The van der Waals surface area contributed by atoms with E-state index in [1.165, 1.54) is 0 Å². The summed E-state index contributed by atoms with van der Waals surface area (Å²) in [6.45, 7) is 0. The van der Waals surface area contributed by atoms with Gasteiger partial charge in [-0.1, -0.05) is 24.3 Å². The number of nitrogens with zero attached hydrogens (tertiary/aromatic N) is 2. The average Bonchev–Trinajstić information content (AvgIpc) is 3.34. The number of hydrogen-bond acceptors (Lipinski definition) is 6. The molecule has 0 aliphatic rings. The van der Waals surface area contributed by atoms with Gasteiger partial charge in [-0.05, 0) is 29.8 Å². The van der Waals surface area contributed by atoms with Crippen molar-refractivity contribution in [2.45, 2.75) is 0 Å². The van der Waals surface area contributed by atoms with Gasteiger partial charge in [0.25, 0.3) is 5.91 Å². The number of methoxy groups -OCH3 is 4. The number of anilines is 1. The van der Waals surface area contributed by atoms with Crippen LogP contribution in [0.25, 0.3) is 16.8 Å². The summed E-state index contributed by atoms with van der Waals surface area (Å²) in [6, 6.07) is 20.2. The molecule has 0 fully saturated rings. The van der Waals surface area contributed by atoms with E-state index in [9.17, 15) is 4.79 Å². The number of amides is 1. The highest BCUT2D eigenvalue weighted by molar-refractivity contribution is 6.07. The molecule has 3 aromatic carbocycles. The fourth-order valence-electron chi connectivity index (χ4n) is 3.54. The molecule has 1 aromatic heterocycles. The van der Waals surface area contributed by atoms with Gasteiger partial charge in [-0.3, -0.25) is 4.79 Å². The SMILES string of the molecule is COc1cc(NC(=O)c2nn(-c3ccccc3)cc2-c2ccc(OC)c(OC)c2)cc(OC)c1. The van der Waals surface area contributed by atoms with Crippen molar-refractivity contribution in [3.8, 4) is 39.8 Å². The van der Waals surface area contributed by atoms with E-state index in [0.29, 0.717) is 34.2 Å². The third-order valence-electron chi connectivity index (χ3n) is 5.25. The summed E-state index contributed by atoms with van der Waals surface area (Å²) in [7, 11) is 6.25. The molecular weight excluding hydrogens is 434 g/mol. The molecule has 8 heteroatoms. The highest BCUT2D eigenvalue weighted by Crippen LogP contribution is 2.34. The molecule has 174 valence electrons. The molecule has 8 nitrogen and oxygen atoms in total. The second kappa shape index (κ2) is 9.99. The summed E-state index contributed by atoms with van der Waals surface area (Å²) in [5.74, 6) is 1.89. The Hall–Kier alpha value is -4.46. The Labute approximate surface area is 197 Å². The molecule has 1 N–H and O–H groups in total. The van der Waals surface area contributed by atoms with Crippen LogP contribution in [0.15, 0.2) is 72.9 Å². The molecule has 1 heterocycles. The van der Waals surface area contributed by atoms with Crippen molar-refractivity contribution in [1.29, 1.82) is 0 Å². The Morgan fingerprint density at radius 3 is 2.09 bits per heavy atom. The highest BCUT2D eigenvalue weighted by Gasteiger charge is 2.21. The lowest BCUT2D eigenvalue weighted by atomic mass is 10.1. The zero-order chi connectivity index (χ0) is 24.1. The minimum atomic E-state index is -0.380. The van der Waals surface area contributed by atoms with Crippen LogP contribution in [-0.2, 0) is 0 Å². The van der Waals surface area contributed by atoms with Gasteiger partial charge in [0.1, 0.15) is 11.5 Å². The summed E-state index contributed by atoms with van der Waals surface area (Å²) in [5, 5.41) is 7.51. The van der Waals surface area contributed by atoms with E-state index in [1.54, 1.807) is 57.4 Å². The lowest BCUT2D eigenvalue weighted by Gasteiger charge is -2.11. The van der Waals surface area contributed by atoms with Crippen molar-refractivity contribution in [2.24, 2.45) is 0 Å². The molecule has 0 aliphatic carbocycles. The second-order valence-corrected chi connectivity index (χ2v) is 7.30. The van der Waals surface area contributed by atoms with Crippen LogP contribution in [0.2, 0.25) is 0 Å². The summed E-state index contributed by atoms with van der Waals surface area (Å²) in [6.07, 6.45) is 1.82. The fourth-order valence-corrected chi connectivity index (χ4v) is 3.54. The first-order valence-corrected chi connectivity index (χ1v) is 10.5. The van der Waals surface area contributed by atoms with Gasteiger partial charge < -0.3 is 24.3 Å². The number of ether oxygens (including phenoxy) is 4. The summed E-state index contributed by atoms with van der Waals surface area (Å²) in [4.78, 5) is 13.4. The van der Waals surface area contributed by atoms with E-state index >= 15 is 0 Å². The first kappa shape index (κ1) is 22.7. The minimum absolute atomic E-state index is 0.248. The predicted octanol–water partition coefficient (Wildman–Crippen LogP) is 4.83.